The maximum atomic E-state index is 14.1. The fourth-order valence-corrected chi connectivity index (χ4v) is 5.87. The standard InChI is InChI=1S/C30H38Cl2N2O4/c1-29(2,3)33-28(36)38-23-12-16-34(17-13-23)27(35)26(30(37)14-5-4-6-15-30)22-9-7-8-20(18-22)21-10-11-24(31)25(32)19-21/h7-11,18-19,23,26,37H,4-6,12-17H2,1-3H3,(H,33,36). The van der Waals surface area contributed by atoms with Crippen molar-refractivity contribution in [2.45, 2.75) is 88.9 Å². The quantitative estimate of drug-likeness (QED) is 0.414. The van der Waals surface area contributed by atoms with Crippen LogP contribution in [0.25, 0.3) is 11.1 Å². The van der Waals surface area contributed by atoms with Crippen LogP contribution in [0.1, 0.15) is 77.2 Å². The normalized spacial score (nSPS) is 19.1. The number of hydrogen-bond acceptors (Lipinski definition) is 4. The molecule has 0 spiro atoms. The Kier molecular flexibility index (Phi) is 8.96. The number of carbonyl (C=O) groups excluding carboxylic acids is 2. The second-order valence-electron chi connectivity index (χ2n) is 11.7. The van der Waals surface area contributed by atoms with E-state index in [0.717, 1.165) is 36.0 Å². The maximum absolute atomic E-state index is 14.1. The SMILES string of the molecule is CC(C)(C)NC(=O)OC1CCN(C(=O)C(c2cccc(-c3ccc(Cl)c(Cl)c3)c2)C2(O)CCCCC2)CC1. The summed E-state index contributed by atoms with van der Waals surface area (Å²) in [6, 6.07) is 13.3. The zero-order chi connectivity index (χ0) is 27.5. The third-order valence-electron chi connectivity index (χ3n) is 7.48. The minimum atomic E-state index is -1.11. The van der Waals surface area contributed by atoms with E-state index in [9.17, 15) is 14.7 Å². The van der Waals surface area contributed by atoms with Crippen molar-refractivity contribution >= 4 is 35.2 Å². The lowest BCUT2D eigenvalue weighted by molar-refractivity contribution is -0.143. The van der Waals surface area contributed by atoms with E-state index in [1.165, 1.54) is 0 Å². The maximum Gasteiger partial charge on any atom is 0.407 e. The predicted octanol–water partition coefficient (Wildman–Crippen LogP) is 6.95. The summed E-state index contributed by atoms with van der Waals surface area (Å²) in [4.78, 5) is 28.1. The van der Waals surface area contributed by atoms with Crippen molar-refractivity contribution in [3.05, 3.63) is 58.1 Å². The molecule has 2 fully saturated rings. The number of ether oxygens (including phenoxy) is 1. The molecule has 4 rings (SSSR count). The Labute approximate surface area is 235 Å². The molecule has 2 aromatic rings. The van der Waals surface area contributed by atoms with E-state index >= 15 is 0 Å². The second kappa shape index (κ2) is 11.8. The number of halogens is 2. The third-order valence-corrected chi connectivity index (χ3v) is 8.22. The number of benzene rings is 2. The molecule has 38 heavy (non-hydrogen) atoms. The van der Waals surface area contributed by atoms with E-state index in [0.29, 0.717) is 48.8 Å². The Bertz CT molecular complexity index is 1150. The number of rotatable bonds is 5. The van der Waals surface area contributed by atoms with Crippen molar-refractivity contribution in [3.8, 4) is 11.1 Å². The van der Waals surface area contributed by atoms with Crippen molar-refractivity contribution in [2.75, 3.05) is 13.1 Å². The van der Waals surface area contributed by atoms with Gasteiger partial charge in [0, 0.05) is 31.5 Å². The van der Waals surface area contributed by atoms with E-state index in [2.05, 4.69) is 5.32 Å². The van der Waals surface area contributed by atoms with Crippen LogP contribution in [0.15, 0.2) is 42.5 Å². The molecule has 1 aliphatic heterocycles. The van der Waals surface area contributed by atoms with Gasteiger partial charge in [-0.25, -0.2) is 4.79 Å². The summed E-state index contributed by atoms with van der Waals surface area (Å²) in [5.74, 6) is -0.745. The molecule has 206 valence electrons. The van der Waals surface area contributed by atoms with Crippen LogP contribution in [0.4, 0.5) is 4.79 Å². The van der Waals surface area contributed by atoms with Gasteiger partial charge in [0.05, 0.1) is 21.6 Å². The molecule has 0 radical (unpaired) electrons. The largest absolute Gasteiger partial charge is 0.446 e. The summed E-state index contributed by atoms with van der Waals surface area (Å²) in [5, 5.41) is 15.6. The van der Waals surface area contributed by atoms with Gasteiger partial charge in [-0.3, -0.25) is 4.79 Å². The molecule has 2 amide bonds. The molecule has 0 bridgehead atoms. The molecule has 1 saturated carbocycles. The summed E-state index contributed by atoms with van der Waals surface area (Å²) < 4.78 is 5.60. The first-order chi connectivity index (χ1) is 17.9. The third kappa shape index (κ3) is 7.02. The lowest BCUT2D eigenvalue weighted by atomic mass is 9.71. The van der Waals surface area contributed by atoms with Crippen LogP contribution in [-0.2, 0) is 9.53 Å². The predicted molar refractivity (Wildman–Crippen MR) is 152 cm³/mol. The van der Waals surface area contributed by atoms with E-state index in [1.807, 2.05) is 62.1 Å². The summed E-state index contributed by atoms with van der Waals surface area (Å²) in [5.41, 5.74) is 1.13. The van der Waals surface area contributed by atoms with Gasteiger partial charge in [-0.2, -0.15) is 0 Å². The van der Waals surface area contributed by atoms with E-state index in [4.69, 9.17) is 27.9 Å². The highest BCUT2D eigenvalue weighted by Gasteiger charge is 2.45. The van der Waals surface area contributed by atoms with Gasteiger partial charge in [0.2, 0.25) is 5.91 Å². The van der Waals surface area contributed by atoms with Crippen molar-refractivity contribution in [1.82, 2.24) is 10.2 Å². The lowest BCUT2D eigenvalue weighted by Gasteiger charge is -2.42. The molecule has 1 saturated heterocycles. The van der Waals surface area contributed by atoms with Gasteiger partial charge >= 0.3 is 6.09 Å². The van der Waals surface area contributed by atoms with Gasteiger partial charge in [0.15, 0.2) is 0 Å². The number of hydrogen-bond donors (Lipinski definition) is 2. The minimum Gasteiger partial charge on any atom is -0.446 e. The van der Waals surface area contributed by atoms with Crippen LogP contribution in [0.5, 0.6) is 0 Å². The Balaban J connectivity index is 1.55. The van der Waals surface area contributed by atoms with Crippen molar-refractivity contribution in [1.29, 1.82) is 0 Å². The molecule has 1 heterocycles. The lowest BCUT2D eigenvalue weighted by Crippen LogP contribution is -2.51. The zero-order valence-electron chi connectivity index (χ0n) is 22.4. The van der Waals surface area contributed by atoms with E-state index in [1.54, 1.807) is 6.07 Å². The second-order valence-corrected chi connectivity index (χ2v) is 12.5. The average molecular weight is 562 g/mol. The number of amides is 2. The van der Waals surface area contributed by atoms with Gasteiger partial charge in [0.25, 0.3) is 0 Å². The van der Waals surface area contributed by atoms with Crippen LogP contribution in [-0.4, -0.2) is 52.3 Å². The van der Waals surface area contributed by atoms with Gasteiger partial charge in [0.1, 0.15) is 6.10 Å². The topological polar surface area (TPSA) is 78.9 Å². The fourth-order valence-electron chi connectivity index (χ4n) is 5.57. The number of alkyl carbamates (subject to hydrolysis) is 1. The molecule has 1 unspecified atom stereocenters. The monoisotopic (exact) mass is 560 g/mol. The van der Waals surface area contributed by atoms with Crippen LogP contribution < -0.4 is 5.32 Å². The van der Waals surface area contributed by atoms with E-state index < -0.39 is 17.6 Å². The Morgan fingerprint density at radius 3 is 2.29 bits per heavy atom. The first-order valence-electron chi connectivity index (χ1n) is 13.5. The summed E-state index contributed by atoms with van der Waals surface area (Å²) in [6.07, 6.45) is 4.49. The Morgan fingerprint density at radius 1 is 1.00 bits per heavy atom. The highest BCUT2D eigenvalue weighted by Crippen LogP contribution is 2.42. The fraction of sp³-hybridized carbons (Fsp3) is 0.533. The van der Waals surface area contributed by atoms with Crippen LogP contribution in [0.2, 0.25) is 10.0 Å². The van der Waals surface area contributed by atoms with E-state index in [-0.39, 0.29) is 17.6 Å². The summed E-state index contributed by atoms with van der Waals surface area (Å²) >= 11 is 12.4. The first kappa shape index (κ1) is 28.7. The Morgan fingerprint density at radius 2 is 1.66 bits per heavy atom. The van der Waals surface area contributed by atoms with Crippen molar-refractivity contribution < 1.29 is 19.4 Å². The molecule has 8 heteroatoms. The number of piperidine rings is 1. The van der Waals surface area contributed by atoms with Gasteiger partial charge in [-0.15, -0.1) is 0 Å². The molecule has 1 atom stereocenters. The molecule has 0 aromatic heterocycles. The van der Waals surface area contributed by atoms with Crippen molar-refractivity contribution in [2.24, 2.45) is 0 Å². The number of nitrogens with zero attached hydrogens (tertiary/aromatic N) is 1. The molecule has 1 aliphatic carbocycles. The molecule has 2 N–H and O–H groups in total. The van der Waals surface area contributed by atoms with Gasteiger partial charge in [-0.05, 0) is 62.4 Å². The molecular formula is C30H38Cl2N2O4. The van der Waals surface area contributed by atoms with Crippen LogP contribution >= 0.6 is 23.2 Å². The minimum absolute atomic E-state index is 0.0710. The number of nitrogens with one attached hydrogen (secondary N) is 1. The first-order valence-corrected chi connectivity index (χ1v) is 14.3. The summed E-state index contributed by atoms with van der Waals surface area (Å²) in [6.45, 7) is 6.67. The highest BCUT2D eigenvalue weighted by atomic mass is 35.5. The van der Waals surface area contributed by atoms with Gasteiger partial charge in [-0.1, -0.05) is 72.8 Å². The number of likely N-dealkylation sites (tertiary alicyclic amines) is 1. The highest BCUT2D eigenvalue weighted by molar-refractivity contribution is 6.42. The molecule has 2 aliphatic rings. The molecule has 2 aromatic carbocycles. The smallest absolute Gasteiger partial charge is 0.407 e. The van der Waals surface area contributed by atoms with Gasteiger partial charge < -0.3 is 20.1 Å². The van der Waals surface area contributed by atoms with Crippen molar-refractivity contribution in [3.63, 3.8) is 0 Å². The van der Waals surface area contributed by atoms with Crippen LogP contribution in [0, 0.1) is 0 Å². The van der Waals surface area contributed by atoms with Crippen LogP contribution in [0.3, 0.4) is 0 Å². The average Bonchev–Trinajstić information content (AvgIpc) is 2.85. The number of carbonyl (C=O) groups is 2. The number of aliphatic hydroxyl groups is 1. The summed E-state index contributed by atoms with van der Waals surface area (Å²) in [7, 11) is 0. The Hall–Kier alpha value is -2.28. The molecule has 6 nitrogen and oxygen atoms in total. The zero-order valence-corrected chi connectivity index (χ0v) is 23.9. The molecular weight excluding hydrogens is 523 g/mol.